The average molecular weight is 568 g/mol. The van der Waals surface area contributed by atoms with E-state index in [1.807, 2.05) is 12.3 Å². The Balaban J connectivity index is 0.000000595. The van der Waals surface area contributed by atoms with Gasteiger partial charge < -0.3 is 19.3 Å². The number of likely N-dealkylation sites (N-methyl/N-ethyl adjacent to an activating group) is 1. The number of aromatic amines is 1. The van der Waals surface area contributed by atoms with Crippen molar-refractivity contribution in [2.75, 3.05) is 44.4 Å². The zero-order valence-electron chi connectivity index (χ0n) is 21.8. The Labute approximate surface area is 229 Å². The Morgan fingerprint density at radius 2 is 1.65 bits per heavy atom. The number of H-pyrrole nitrogens is 1. The number of anilines is 1. The molecule has 2 aromatic carbocycles. The van der Waals surface area contributed by atoms with Crippen molar-refractivity contribution in [3.05, 3.63) is 78.8 Å². The molecule has 1 aliphatic rings. The third kappa shape index (κ3) is 6.03. The van der Waals surface area contributed by atoms with Gasteiger partial charge in [-0.1, -0.05) is 29.4 Å². The Kier molecular flexibility index (Phi) is 7.66. The summed E-state index contributed by atoms with van der Waals surface area (Å²) in [6, 6.07) is 14.6. The summed E-state index contributed by atoms with van der Waals surface area (Å²) in [5, 5.41) is 4.67. The van der Waals surface area contributed by atoms with E-state index in [0.29, 0.717) is 28.8 Å². The number of nitrogens with zero attached hydrogens (tertiary/aromatic N) is 4. The van der Waals surface area contributed by atoms with Crippen molar-refractivity contribution in [3.8, 4) is 33.6 Å². The smallest absolute Gasteiger partial charge is 0.261 e. The highest BCUT2D eigenvalue weighted by molar-refractivity contribution is 7.85. The molecule has 0 radical (unpaired) electrons. The first-order valence-electron chi connectivity index (χ1n) is 12.4. The van der Waals surface area contributed by atoms with E-state index < -0.39 is 21.8 Å². The summed E-state index contributed by atoms with van der Waals surface area (Å²) in [5.41, 5.74) is 5.02. The monoisotopic (exact) mass is 567 g/mol. The highest BCUT2D eigenvalue weighted by Gasteiger charge is 2.21. The SMILES string of the molecule is CN1CCN(c2ccc(-c3cnc4[nH]cc(-c5oncc5-c5cccc(F)c5F)c4c3)cc2)CC1.CS(=O)(=O)O. The first kappa shape index (κ1) is 27.4. The number of rotatable bonds is 4. The lowest BCUT2D eigenvalue weighted by Crippen LogP contribution is -2.44. The molecule has 9 nitrogen and oxygen atoms in total. The van der Waals surface area contributed by atoms with Gasteiger partial charge in [-0.05, 0) is 36.9 Å². The van der Waals surface area contributed by atoms with Crippen LogP contribution in [0.2, 0.25) is 0 Å². The second-order valence-corrected chi connectivity index (χ2v) is 11.0. The van der Waals surface area contributed by atoms with E-state index in [9.17, 15) is 17.2 Å². The molecule has 40 heavy (non-hydrogen) atoms. The number of halogens is 2. The van der Waals surface area contributed by atoms with Gasteiger partial charge in [0, 0.05) is 66.3 Å². The minimum atomic E-state index is -3.67. The number of nitrogens with one attached hydrogen (secondary N) is 1. The molecule has 0 amide bonds. The number of piperazine rings is 1. The molecule has 0 aliphatic carbocycles. The van der Waals surface area contributed by atoms with Crippen LogP contribution in [0.25, 0.3) is 44.6 Å². The standard InChI is InChI=1S/C27H23F2N5O.CH4O3S/c1-33-9-11-34(12-10-33)19-7-5-17(6-8-19)18-13-21-22(15-31-27(21)30-14-18)26-23(16-32-35-26)20-3-2-4-24(28)25(20)29;1-5(2,3)4/h2-8,13-16H,9-12H2,1H3,(H,30,31);1H3,(H,2,3,4). The van der Waals surface area contributed by atoms with E-state index in [4.69, 9.17) is 9.08 Å². The summed E-state index contributed by atoms with van der Waals surface area (Å²) in [6.07, 6.45) is 5.69. The van der Waals surface area contributed by atoms with E-state index in [0.717, 1.165) is 48.8 Å². The van der Waals surface area contributed by atoms with Gasteiger partial charge in [0.05, 0.1) is 18.0 Å². The molecule has 0 spiro atoms. The van der Waals surface area contributed by atoms with Crippen LogP contribution in [0.5, 0.6) is 0 Å². The van der Waals surface area contributed by atoms with E-state index in [1.165, 1.54) is 24.0 Å². The molecule has 3 aromatic heterocycles. The molecule has 6 rings (SSSR count). The van der Waals surface area contributed by atoms with Crippen LogP contribution in [0.3, 0.4) is 0 Å². The molecular formula is C28H27F2N5O4S. The molecule has 0 atom stereocenters. The lowest BCUT2D eigenvalue weighted by atomic mass is 10.0. The van der Waals surface area contributed by atoms with E-state index in [1.54, 1.807) is 6.20 Å². The number of benzene rings is 2. The fourth-order valence-corrected chi connectivity index (χ4v) is 4.62. The van der Waals surface area contributed by atoms with Crippen LogP contribution in [-0.4, -0.2) is 72.5 Å². The molecule has 1 fully saturated rings. The number of aromatic nitrogens is 3. The van der Waals surface area contributed by atoms with Crippen molar-refractivity contribution in [3.63, 3.8) is 0 Å². The Bertz CT molecular complexity index is 1740. The van der Waals surface area contributed by atoms with Crippen molar-refractivity contribution in [1.29, 1.82) is 0 Å². The molecule has 4 heterocycles. The summed E-state index contributed by atoms with van der Waals surface area (Å²) in [6.45, 7) is 4.15. The lowest BCUT2D eigenvalue weighted by molar-refractivity contribution is 0.313. The lowest BCUT2D eigenvalue weighted by Gasteiger charge is -2.34. The van der Waals surface area contributed by atoms with Crippen molar-refractivity contribution >= 4 is 26.8 Å². The summed E-state index contributed by atoms with van der Waals surface area (Å²) in [5.74, 6) is -1.50. The number of pyridine rings is 1. The van der Waals surface area contributed by atoms with Gasteiger partial charge in [0.15, 0.2) is 17.4 Å². The Morgan fingerprint density at radius 1 is 0.950 bits per heavy atom. The molecule has 0 saturated carbocycles. The van der Waals surface area contributed by atoms with Gasteiger partial charge in [0.2, 0.25) is 0 Å². The molecular weight excluding hydrogens is 540 g/mol. The van der Waals surface area contributed by atoms with Gasteiger partial charge in [0.25, 0.3) is 10.1 Å². The van der Waals surface area contributed by atoms with Crippen LogP contribution in [0, 0.1) is 11.6 Å². The molecule has 12 heteroatoms. The average Bonchev–Trinajstić information content (AvgIpc) is 3.56. The fraction of sp³-hybridized carbons (Fsp3) is 0.214. The molecule has 208 valence electrons. The zero-order chi connectivity index (χ0) is 28.4. The normalized spacial score (nSPS) is 14.3. The van der Waals surface area contributed by atoms with Crippen molar-refractivity contribution < 1.29 is 26.3 Å². The fourth-order valence-electron chi connectivity index (χ4n) is 4.62. The Hall–Kier alpha value is -4.13. The summed E-state index contributed by atoms with van der Waals surface area (Å²) >= 11 is 0. The van der Waals surface area contributed by atoms with Gasteiger partial charge in [-0.25, -0.2) is 13.8 Å². The quantitative estimate of drug-likeness (QED) is 0.289. The highest BCUT2D eigenvalue weighted by Crippen LogP contribution is 2.38. The van der Waals surface area contributed by atoms with E-state index >= 15 is 0 Å². The van der Waals surface area contributed by atoms with Gasteiger partial charge >= 0.3 is 0 Å². The zero-order valence-corrected chi connectivity index (χ0v) is 22.6. The summed E-state index contributed by atoms with van der Waals surface area (Å²) < 4.78 is 59.7. The van der Waals surface area contributed by atoms with E-state index in [-0.39, 0.29) is 5.56 Å². The third-order valence-corrected chi connectivity index (χ3v) is 6.66. The van der Waals surface area contributed by atoms with Crippen LogP contribution < -0.4 is 4.90 Å². The number of fused-ring (bicyclic) bond motifs is 1. The van der Waals surface area contributed by atoms with Crippen LogP contribution in [0.1, 0.15) is 0 Å². The van der Waals surface area contributed by atoms with Crippen molar-refractivity contribution in [2.45, 2.75) is 0 Å². The first-order chi connectivity index (χ1) is 19.1. The molecule has 5 aromatic rings. The maximum atomic E-state index is 14.5. The molecule has 1 aliphatic heterocycles. The number of hydrogen-bond donors (Lipinski definition) is 2. The predicted octanol–water partition coefficient (Wildman–Crippen LogP) is 5.09. The molecule has 2 N–H and O–H groups in total. The minimum absolute atomic E-state index is 0.0965. The van der Waals surface area contributed by atoms with Gasteiger partial charge in [-0.15, -0.1) is 0 Å². The maximum Gasteiger partial charge on any atom is 0.261 e. The van der Waals surface area contributed by atoms with Crippen LogP contribution >= 0.6 is 0 Å². The second kappa shape index (κ2) is 11.2. The minimum Gasteiger partial charge on any atom is -0.369 e. The Morgan fingerprint density at radius 3 is 2.35 bits per heavy atom. The highest BCUT2D eigenvalue weighted by atomic mass is 32.2. The van der Waals surface area contributed by atoms with Crippen LogP contribution in [0.15, 0.2) is 71.6 Å². The molecule has 1 saturated heterocycles. The molecule has 0 unspecified atom stereocenters. The second-order valence-electron chi connectivity index (χ2n) is 9.56. The van der Waals surface area contributed by atoms with E-state index in [2.05, 4.69) is 56.2 Å². The van der Waals surface area contributed by atoms with Gasteiger partial charge in [-0.3, -0.25) is 4.55 Å². The summed E-state index contributed by atoms with van der Waals surface area (Å²) in [7, 11) is -1.52. The predicted molar refractivity (Wildman–Crippen MR) is 150 cm³/mol. The topological polar surface area (TPSA) is 116 Å². The third-order valence-electron chi connectivity index (χ3n) is 6.66. The maximum absolute atomic E-state index is 14.5. The molecule has 0 bridgehead atoms. The van der Waals surface area contributed by atoms with Crippen molar-refractivity contribution in [1.82, 2.24) is 20.0 Å². The van der Waals surface area contributed by atoms with Crippen LogP contribution in [-0.2, 0) is 10.1 Å². The largest absolute Gasteiger partial charge is 0.369 e. The van der Waals surface area contributed by atoms with Gasteiger partial charge in [0.1, 0.15) is 5.65 Å². The van der Waals surface area contributed by atoms with Crippen molar-refractivity contribution in [2.24, 2.45) is 0 Å². The van der Waals surface area contributed by atoms with Crippen LogP contribution in [0.4, 0.5) is 14.5 Å². The number of hydrogen-bond acceptors (Lipinski definition) is 7. The first-order valence-corrected chi connectivity index (χ1v) is 14.3. The summed E-state index contributed by atoms with van der Waals surface area (Å²) in [4.78, 5) is 12.4. The van der Waals surface area contributed by atoms with Gasteiger partial charge in [-0.2, -0.15) is 8.42 Å².